The summed E-state index contributed by atoms with van der Waals surface area (Å²) in [5.74, 6) is -0.0314. The Balaban J connectivity index is 2.77. The van der Waals surface area contributed by atoms with Crippen molar-refractivity contribution in [2.24, 2.45) is 5.41 Å². The molecule has 17 heavy (non-hydrogen) atoms. The van der Waals surface area contributed by atoms with E-state index in [-0.39, 0.29) is 11.2 Å². The zero-order chi connectivity index (χ0) is 13.1. The molecule has 0 bridgehead atoms. The van der Waals surface area contributed by atoms with Crippen LogP contribution in [0.3, 0.4) is 0 Å². The summed E-state index contributed by atoms with van der Waals surface area (Å²) >= 11 is 0. The molecule has 0 aromatic heterocycles. The van der Waals surface area contributed by atoms with E-state index in [0.29, 0.717) is 12.0 Å². The monoisotopic (exact) mass is 235 g/mol. The van der Waals surface area contributed by atoms with Crippen LogP contribution in [0.2, 0.25) is 0 Å². The summed E-state index contributed by atoms with van der Waals surface area (Å²) < 4.78 is 0. The second kappa shape index (κ2) is 5.33. The van der Waals surface area contributed by atoms with Crippen molar-refractivity contribution in [3.05, 3.63) is 11.3 Å². The van der Waals surface area contributed by atoms with Gasteiger partial charge in [-0.15, -0.1) is 0 Å². The lowest BCUT2D eigenvalue weighted by molar-refractivity contribution is -0.117. The molecule has 0 unspecified atom stereocenters. The molecule has 0 aromatic carbocycles. The van der Waals surface area contributed by atoms with Gasteiger partial charge in [0.25, 0.3) is 0 Å². The van der Waals surface area contributed by atoms with Crippen LogP contribution in [-0.4, -0.2) is 37.9 Å². The number of nitriles is 1. The number of carbonyl (C=O) groups excluding carboxylic acids is 1. The number of ketones is 1. The smallest absolute Gasteiger partial charge is 0.175 e. The number of allylic oxidation sites excluding steroid dienone is 2. The maximum absolute atomic E-state index is 11.8. The van der Waals surface area contributed by atoms with Crippen molar-refractivity contribution in [1.82, 2.24) is 10.2 Å². The Morgan fingerprint density at radius 1 is 1.41 bits per heavy atom. The molecule has 0 amide bonds. The van der Waals surface area contributed by atoms with E-state index in [2.05, 4.69) is 24.1 Å². The van der Waals surface area contributed by atoms with Crippen molar-refractivity contribution in [3.8, 4) is 6.07 Å². The first-order chi connectivity index (χ1) is 7.85. The molecule has 4 nitrogen and oxygen atoms in total. The van der Waals surface area contributed by atoms with E-state index in [9.17, 15) is 4.79 Å². The number of carbonyl (C=O) groups is 1. The highest BCUT2D eigenvalue weighted by Gasteiger charge is 2.32. The summed E-state index contributed by atoms with van der Waals surface area (Å²) in [4.78, 5) is 13.9. The van der Waals surface area contributed by atoms with Gasteiger partial charge in [0.05, 0.1) is 0 Å². The number of Topliss-reactive ketones (excluding diaryl/α,β-unsaturated/α-hetero) is 1. The topological polar surface area (TPSA) is 56.1 Å². The number of rotatable bonds is 4. The molecule has 0 atom stereocenters. The first kappa shape index (κ1) is 13.7. The summed E-state index contributed by atoms with van der Waals surface area (Å²) in [7, 11) is 3.99. The number of nitrogens with one attached hydrogen (secondary N) is 1. The Kier molecular flexibility index (Phi) is 4.30. The van der Waals surface area contributed by atoms with Gasteiger partial charge in [-0.2, -0.15) is 5.26 Å². The van der Waals surface area contributed by atoms with E-state index < -0.39 is 0 Å². The molecule has 0 aliphatic heterocycles. The lowest BCUT2D eigenvalue weighted by Crippen LogP contribution is -2.34. The predicted octanol–water partition coefficient (Wildman–Crippen LogP) is 1.30. The molecule has 1 aliphatic rings. The first-order valence-electron chi connectivity index (χ1n) is 5.91. The van der Waals surface area contributed by atoms with Crippen LogP contribution in [0.5, 0.6) is 0 Å². The molecule has 1 rings (SSSR count). The fourth-order valence-corrected chi connectivity index (χ4v) is 2.03. The molecule has 1 aliphatic carbocycles. The summed E-state index contributed by atoms with van der Waals surface area (Å²) in [5.41, 5.74) is 1.09. The molecule has 0 fully saturated rings. The van der Waals surface area contributed by atoms with E-state index >= 15 is 0 Å². The molecule has 0 radical (unpaired) electrons. The fraction of sp³-hybridized carbons (Fsp3) is 0.692. The van der Waals surface area contributed by atoms with Crippen molar-refractivity contribution >= 4 is 5.78 Å². The third-order valence-corrected chi connectivity index (χ3v) is 2.88. The summed E-state index contributed by atoms with van der Waals surface area (Å²) in [5, 5.41) is 12.3. The molecule has 0 saturated carbocycles. The average Bonchev–Trinajstić information content (AvgIpc) is 2.14. The van der Waals surface area contributed by atoms with Gasteiger partial charge in [-0.3, -0.25) is 4.79 Å². The zero-order valence-corrected chi connectivity index (χ0v) is 11.1. The second-order valence-corrected chi connectivity index (χ2v) is 5.64. The van der Waals surface area contributed by atoms with Crippen molar-refractivity contribution in [1.29, 1.82) is 5.26 Å². The maximum atomic E-state index is 11.8. The quantitative estimate of drug-likeness (QED) is 0.798. The minimum atomic E-state index is -0.0438. The van der Waals surface area contributed by atoms with Crippen molar-refractivity contribution < 1.29 is 4.79 Å². The SMILES string of the molecule is CN(C)CCNC1=C(C#N)C(=O)CC(C)(C)C1. The van der Waals surface area contributed by atoms with Crippen LogP contribution in [0.25, 0.3) is 0 Å². The average molecular weight is 235 g/mol. The third kappa shape index (κ3) is 3.86. The second-order valence-electron chi connectivity index (χ2n) is 5.64. The van der Waals surface area contributed by atoms with Gasteiger partial charge in [-0.1, -0.05) is 13.8 Å². The molecule has 0 spiro atoms. The highest BCUT2D eigenvalue weighted by atomic mass is 16.1. The van der Waals surface area contributed by atoms with Crippen LogP contribution in [0.1, 0.15) is 26.7 Å². The number of likely N-dealkylation sites (N-methyl/N-ethyl adjacent to an activating group) is 1. The normalized spacial score (nSPS) is 19.4. The van der Waals surface area contributed by atoms with Crippen molar-refractivity contribution in [2.45, 2.75) is 26.7 Å². The van der Waals surface area contributed by atoms with E-state index in [1.54, 1.807) is 0 Å². The largest absolute Gasteiger partial charge is 0.386 e. The van der Waals surface area contributed by atoms with Crippen LogP contribution in [-0.2, 0) is 4.79 Å². The van der Waals surface area contributed by atoms with Gasteiger partial charge in [0, 0.05) is 25.2 Å². The lowest BCUT2D eigenvalue weighted by Gasteiger charge is -2.31. The summed E-state index contributed by atoms with van der Waals surface area (Å²) in [6, 6.07) is 2.03. The standard InChI is InChI=1S/C13H21N3O/c1-13(2)7-11(15-5-6-16(3)4)10(9-14)12(17)8-13/h15H,5-8H2,1-4H3. The Morgan fingerprint density at radius 3 is 2.59 bits per heavy atom. The van der Waals surface area contributed by atoms with Crippen molar-refractivity contribution in [3.63, 3.8) is 0 Å². The number of nitrogens with zero attached hydrogens (tertiary/aromatic N) is 2. The van der Waals surface area contributed by atoms with E-state index in [1.807, 2.05) is 20.2 Å². The molecule has 0 saturated heterocycles. The minimum Gasteiger partial charge on any atom is -0.386 e. The molecule has 0 aromatic rings. The first-order valence-corrected chi connectivity index (χ1v) is 5.91. The predicted molar refractivity (Wildman–Crippen MR) is 67.2 cm³/mol. The van der Waals surface area contributed by atoms with E-state index in [4.69, 9.17) is 5.26 Å². The molecule has 94 valence electrons. The number of hydrogen-bond donors (Lipinski definition) is 1. The Hall–Kier alpha value is -1.34. The summed E-state index contributed by atoms with van der Waals surface area (Å²) in [6.07, 6.45) is 1.24. The highest BCUT2D eigenvalue weighted by Crippen LogP contribution is 2.35. The van der Waals surface area contributed by atoms with Crippen LogP contribution < -0.4 is 5.32 Å². The van der Waals surface area contributed by atoms with Crippen LogP contribution in [0.15, 0.2) is 11.3 Å². The fourth-order valence-electron chi connectivity index (χ4n) is 2.03. The van der Waals surface area contributed by atoms with E-state index in [1.165, 1.54) is 0 Å². The maximum Gasteiger partial charge on any atom is 0.175 e. The highest BCUT2D eigenvalue weighted by molar-refractivity contribution is 6.01. The van der Waals surface area contributed by atoms with E-state index in [0.717, 1.165) is 25.2 Å². The molecule has 4 heteroatoms. The van der Waals surface area contributed by atoms with Crippen molar-refractivity contribution in [2.75, 3.05) is 27.2 Å². The third-order valence-electron chi connectivity index (χ3n) is 2.88. The summed E-state index contributed by atoms with van der Waals surface area (Å²) in [6.45, 7) is 5.77. The van der Waals surface area contributed by atoms with Gasteiger partial charge in [-0.25, -0.2) is 0 Å². The lowest BCUT2D eigenvalue weighted by atomic mass is 9.76. The van der Waals surface area contributed by atoms with Gasteiger partial charge >= 0.3 is 0 Å². The van der Waals surface area contributed by atoms with Crippen LogP contribution in [0.4, 0.5) is 0 Å². The molecular weight excluding hydrogens is 214 g/mol. The Labute approximate surface area is 103 Å². The minimum absolute atomic E-state index is 0.0314. The molecule has 1 N–H and O–H groups in total. The molecular formula is C13H21N3O. The Morgan fingerprint density at radius 2 is 2.06 bits per heavy atom. The van der Waals surface area contributed by atoms with Gasteiger partial charge in [-0.05, 0) is 25.9 Å². The van der Waals surface area contributed by atoms with Gasteiger partial charge in [0.2, 0.25) is 0 Å². The van der Waals surface area contributed by atoms with Gasteiger partial charge in [0.1, 0.15) is 11.6 Å². The van der Waals surface area contributed by atoms with Crippen LogP contribution >= 0.6 is 0 Å². The van der Waals surface area contributed by atoms with Crippen LogP contribution in [0, 0.1) is 16.7 Å². The van der Waals surface area contributed by atoms with Gasteiger partial charge in [0.15, 0.2) is 5.78 Å². The van der Waals surface area contributed by atoms with Gasteiger partial charge < -0.3 is 10.2 Å². The number of hydrogen-bond acceptors (Lipinski definition) is 4. The molecule has 0 heterocycles. The Bertz CT molecular complexity index is 375. The zero-order valence-electron chi connectivity index (χ0n) is 11.1.